The molecule has 0 saturated carbocycles. The minimum atomic E-state index is -0.142. The van der Waals surface area contributed by atoms with Crippen LogP contribution in [0, 0.1) is 12.8 Å². The Morgan fingerprint density at radius 3 is 2.29 bits per heavy atom. The number of carbonyl (C=O) groups is 2. The minimum Gasteiger partial charge on any atom is -0.493 e. The van der Waals surface area contributed by atoms with Gasteiger partial charge in [0.05, 0.1) is 18.7 Å². The van der Waals surface area contributed by atoms with E-state index in [-0.39, 0.29) is 17.7 Å². The molecular formula is C28H30N2O4. The van der Waals surface area contributed by atoms with E-state index in [0.717, 1.165) is 17.1 Å². The van der Waals surface area contributed by atoms with E-state index in [1.807, 2.05) is 90.7 Å². The Morgan fingerprint density at radius 2 is 1.56 bits per heavy atom. The number of hydrogen-bond acceptors (Lipinski definition) is 4. The molecular weight excluding hydrogens is 428 g/mol. The zero-order chi connectivity index (χ0) is 23.8. The molecule has 0 aromatic heterocycles. The van der Waals surface area contributed by atoms with Gasteiger partial charge in [-0.2, -0.15) is 0 Å². The maximum Gasteiger partial charge on any atom is 0.227 e. The van der Waals surface area contributed by atoms with E-state index in [4.69, 9.17) is 9.47 Å². The lowest BCUT2D eigenvalue weighted by Gasteiger charge is -2.31. The maximum atomic E-state index is 12.9. The Balaban J connectivity index is 1.25. The molecule has 0 atom stereocenters. The highest BCUT2D eigenvalue weighted by molar-refractivity contribution is 5.94. The zero-order valence-corrected chi connectivity index (χ0v) is 19.4. The first-order valence-electron chi connectivity index (χ1n) is 11.7. The Labute approximate surface area is 200 Å². The monoisotopic (exact) mass is 458 g/mol. The van der Waals surface area contributed by atoms with Crippen molar-refractivity contribution < 1.29 is 19.1 Å². The van der Waals surface area contributed by atoms with Gasteiger partial charge in [0, 0.05) is 19.0 Å². The standard InChI is InChI=1S/C28H30N2O4/c1-21-11-13-24(14-12-21)34-26-10-6-5-9-25(26)29-28(32)22-15-18-30(19-16-22)27(31)17-20-33-23-7-3-2-4-8-23/h2-14,22H,15-20H2,1H3,(H,29,32). The largest absolute Gasteiger partial charge is 0.493 e. The molecule has 0 radical (unpaired) electrons. The zero-order valence-electron chi connectivity index (χ0n) is 19.4. The molecule has 6 nitrogen and oxygen atoms in total. The highest BCUT2D eigenvalue weighted by Crippen LogP contribution is 2.30. The number of carbonyl (C=O) groups excluding carboxylic acids is 2. The first-order chi connectivity index (χ1) is 16.6. The summed E-state index contributed by atoms with van der Waals surface area (Å²) in [5.41, 5.74) is 1.80. The second-order valence-electron chi connectivity index (χ2n) is 8.47. The lowest BCUT2D eigenvalue weighted by atomic mass is 9.95. The third-order valence-corrected chi connectivity index (χ3v) is 5.94. The lowest BCUT2D eigenvalue weighted by Crippen LogP contribution is -2.41. The van der Waals surface area contributed by atoms with E-state index in [0.29, 0.717) is 50.4 Å². The van der Waals surface area contributed by atoms with E-state index in [1.54, 1.807) is 0 Å². The maximum absolute atomic E-state index is 12.9. The van der Waals surface area contributed by atoms with Crippen LogP contribution in [0.15, 0.2) is 78.9 Å². The van der Waals surface area contributed by atoms with E-state index in [9.17, 15) is 9.59 Å². The number of anilines is 1. The van der Waals surface area contributed by atoms with Crippen LogP contribution in [0.5, 0.6) is 17.2 Å². The molecule has 1 aliphatic heterocycles. The number of amides is 2. The fourth-order valence-electron chi connectivity index (χ4n) is 3.95. The number of aryl methyl sites for hydroxylation is 1. The molecule has 3 aromatic carbocycles. The van der Waals surface area contributed by atoms with Crippen molar-refractivity contribution in [3.05, 3.63) is 84.4 Å². The van der Waals surface area contributed by atoms with Crippen LogP contribution in [0.4, 0.5) is 5.69 Å². The summed E-state index contributed by atoms with van der Waals surface area (Å²) in [4.78, 5) is 27.3. The van der Waals surface area contributed by atoms with Gasteiger partial charge in [-0.25, -0.2) is 0 Å². The highest BCUT2D eigenvalue weighted by atomic mass is 16.5. The van der Waals surface area contributed by atoms with Gasteiger partial charge in [0.15, 0.2) is 5.75 Å². The van der Waals surface area contributed by atoms with Crippen LogP contribution >= 0.6 is 0 Å². The first kappa shape index (κ1) is 23.4. The van der Waals surface area contributed by atoms with Crippen molar-refractivity contribution in [2.45, 2.75) is 26.2 Å². The summed E-state index contributed by atoms with van der Waals surface area (Å²) in [6.45, 7) is 3.52. The lowest BCUT2D eigenvalue weighted by molar-refractivity contribution is -0.135. The van der Waals surface area contributed by atoms with Gasteiger partial charge in [0.25, 0.3) is 0 Å². The summed E-state index contributed by atoms with van der Waals surface area (Å²) in [6.07, 6.45) is 1.60. The SMILES string of the molecule is Cc1ccc(Oc2ccccc2NC(=O)C2CCN(C(=O)CCOc3ccccc3)CC2)cc1. The Hall–Kier alpha value is -3.80. The molecule has 1 aliphatic rings. The van der Waals surface area contributed by atoms with Gasteiger partial charge in [-0.1, -0.05) is 48.0 Å². The number of nitrogens with zero attached hydrogens (tertiary/aromatic N) is 1. The van der Waals surface area contributed by atoms with Crippen LogP contribution in [0.2, 0.25) is 0 Å². The van der Waals surface area contributed by atoms with Crippen molar-refractivity contribution in [2.75, 3.05) is 25.0 Å². The summed E-state index contributed by atoms with van der Waals surface area (Å²) < 4.78 is 11.6. The van der Waals surface area contributed by atoms with Gasteiger partial charge in [-0.05, 0) is 56.2 Å². The molecule has 6 heteroatoms. The topological polar surface area (TPSA) is 67.9 Å². The fraction of sp³-hybridized carbons (Fsp3) is 0.286. The molecule has 0 spiro atoms. The van der Waals surface area contributed by atoms with Crippen LogP contribution in [0.3, 0.4) is 0 Å². The molecule has 0 unspecified atom stereocenters. The number of nitrogens with one attached hydrogen (secondary N) is 1. The Kier molecular flexibility index (Phi) is 7.81. The van der Waals surface area contributed by atoms with Crippen LogP contribution in [-0.2, 0) is 9.59 Å². The number of ether oxygens (including phenoxy) is 2. The smallest absolute Gasteiger partial charge is 0.227 e. The second kappa shape index (κ2) is 11.4. The van der Waals surface area contributed by atoms with Gasteiger partial charge in [-0.3, -0.25) is 9.59 Å². The van der Waals surface area contributed by atoms with Crippen LogP contribution in [-0.4, -0.2) is 36.4 Å². The third-order valence-electron chi connectivity index (χ3n) is 5.94. The molecule has 4 rings (SSSR count). The second-order valence-corrected chi connectivity index (χ2v) is 8.47. The Bertz CT molecular complexity index is 1090. The number of piperidine rings is 1. The summed E-state index contributed by atoms with van der Waals surface area (Å²) >= 11 is 0. The van der Waals surface area contributed by atoms with Crippen LogP contribution < -0.4 is 14.8 Å². The van der Waals surface area contributed by atoms with Crippen molar-refractivity contribution in [1.82, 2.24) is 4.90 Å². The highest BCUT2D eigenvalue weighted by Gasteiger charge is 2.27. The fourth-order valence-corrected chi connectivity index (χ4v) is 3.95. The number of benzene rings is 3. The quantitative estimate of drug-likeness (QED) is 0.489. The number of likely N-dealkylation sites (tertiary alicyclic amines) is 1. The Morgan fingerprint density at radius 1 is 0.882 bits per heavy atom. The van der Waals surface area contributed by atoms with Crippen molar-refractivity contribution in [2.24, 2.45) is 5.92 Å². The average molecular weight is 459 g/mol. The van der Waals surface area contributed by atoms with E-state index >= 15 is 0 Å². The van der Waals surface area contributed by atoms with Crippen molar-refractivity contribution in [3.8, 4) is 17.2 Å². The molecule has 1 heterocycles. The van der Waals surface area contributed by atoms with Crippen LogP contribution in [0.25, 0.3) is 0 Å². The van der Waals surface area contributed by atoms with Gasteiger partial charge >= 0.3 is 0 Å². The van der Waals surface area contributed by atoms with Crippen molar-refractivity contribution in [3.63, 3.8) is 0 Å². The molecule has 1 N–H and O–H groups in total. The number of para-hydroxylation sites is 3. The van der Waals surface area contributed by atoms with Gasteiger partial charge in [0.2, 0.25) is 11.8 Å². The number of rotatable bonds is 8. The van der Waals surface area contributed by atoms with E-state index in [2.05, 4.69) is 5.32 Å². The molecule has 3 aromatic rings. The van der Waals surface area contributed by atoms with Crippen molar-refractivity contribution in [1.29, 1.82) is 0 Å². The van der Waals surface area contributed by atoms with Gasteiger partial charge in [-0.15, -0.1) is 0 Å². The first-order valence-corrected chi connectivity index (χ1v) is 11.7. The molecule has 34 heavy (non-hydrogen) atoms. The van der Waals surface area contributed by atoms with Crippen molar-refractivity contribution >= 4 is 17.5 Å². The predicted molar refractivity (Wildman–Crippen MR) is 132 cm³/mol. The average Bonchev–Trinajstić information content (AvgIpc) is 2.87. The predicted octanol–water partition coefficient (Wildman–Crippen LogP) is 5.43. The molecule has 176 valence electrons. The summed E-state index contributed by atoms with van der Waals surface area (Å²) in [6, 6.07) is 24.7. The molecule has 1 saturated heterocycles. The van der Waals surface area contributed by atoms with E-state index < -0.39 is 0 Å². The molecule has 0 aliphatic carbocycles. The summed E-state index contributed by atoms with van der Waals surface area (Å²) in [5.74, 6) is 1.96. The minimum absolute atomic E-state index is 0.0422. The van der Waals surface area contributed by atoms with Crippen LogP contribution in [0.1, 0.15) is 24.8 Å². The summed E-state index contributed by atoms with van der Waals surface area (Å²) in [5, 5.41) is 3.02. The third kappa shape index (κ3) is 6.38. The van der Waals surface area contributed by atoms with Gasteiger partial charge in [0.1, 0.15) is 11.5 Å². The molecule has 2 amide bonds. The normalized spacial score (nSPS) is 13.9. The van der Waals surface area contributed by atoms with E-state index in [1.165, 1.54) is 0 Å². The number of hydrogen-bond donors (Lipinski definition) is 1. The molecule has 1 fully saturated rings. The van der Waals surface area contributed by atoms with Gasteiger partial charge < -0.3 is 19.7 Å². The molecule has 0 bridgehead atoms. The summed E-state index contributed by atoms with van der Waals surface area (Å²) in [7, 11) is 0.